The molecule has 1 aliphatic carbocycles. The number of rotatable bonds is 9. The predicted molar refractivity (Wildman–Crippen MR) is 84.3 cm³/mol. The summed E-state index contributed by atoms with van der Waals surface area (Å²) in [5, 5.41) is 9.23. The maximum absolute atomic E-state index is 9.13. The standard InChI is InChI=1S/C11H20NO2PS3/c1-4-13-15(16,14-5-2)18-9(3)17-11(8-12)10-6-7-10/h9-11H,4-7H2,1-3H3. The minimum Gasteiger partial charge on any atom is -0.322 e. The van der Waals surface area contributed by atoms with Crippen molar-refractivity contribution in [1.82, 2.24) is 0 Å². The van der Waals surface area contributed by atoms with Crippen molar-refractivity contribution >= 4 is 40.6 Å². The van der Waals surface area contributed by atoms with Gasteiger partial charge in [-0.1, -0.05) is 11.4 Å². The molecular formula is C11H20NO2PS3. The number of hydrogen-bond donors (Lipinski definition) is 0. The van der Waals surface area contributed by atoms with Gasteiger partial charge in [0.05, 0.1) is 29.1 Å². The molecule has 7 heteroatoms. The van der Waals surface area contributed by atoms with Crippen LogP contribution < -0.4 is 0 Å². The average Bonchev–Trinajstić information content (AvgIpc) is 3.10. The van der Waals surface area contributed by atoms with Gasteiger partial charge in [-0.05, 0) is 51.3 Å². The van der Waals surface area contributed by atoms with Crippen molar-refractivity contribution in [2.24, 2.45) is 5.92 Å². The molecule has 0 amide bonds. The van der Waals surface area contributed by atoms with Gasteiger partial charge in [0.2, 0.25) is 5.69 Å². The summed E-state index contributed by atoms with van der Waals surface area (Å²) in [7, 11) is 0. The van der Waals surface area contributed by atoms with Crippen LogP contribution >= 0.6 is 28.8 Å². The molecule has 0 radical (unpaired) electrons. The minimum atomic E-state index is -2.23. The highest BCUT2D eigenvalue weighted by atomic mass is 32.9. The Bertz CT molecular complexity index is 334. The molecule has 1 fully saturated rings. The third kappa shape index (κ3) is 5.81. The number of thioether (sulfide) groups is 1. The van der Waals surface area contributed by atoms with Gasteiger partial charge in [-0.3, -0.25) is 0 Å². The topological polar surface area (TPSA) is 42.2 Å². The number of nitriles is 1. The summed E-state index contributed by atoms with van der Waals surface area (Å²) in [4.78, 5) is 0. The predicted octanol–water partition coefficient (Wildman–Crippen LogP) is 4.40. The molecule has 0 spiro atoms. The molecule has 0 aliphatic heterocycles. The summed E-state index contributed by atoms with van der Waals surface area (Å²) < 4.78 is 11.4. The Labute approximate surface area is 123 Å². The first kappa shape index (κ1) is 16.8. The minimum absolute atomic E-state index is 0.0965. The second-order valence-electron chi connectivity index (χ2n) is 3.98. The van der Waals surface area contributed by atoms with E-state index in [0.29, 0.717) is 19.1 Å². The van der Waals surface area contributed by atoms with Crippen molar-refractivity contribution in [1.29, 1.82) is 5.26 Å². The quantitative estimate of drug-likeness (QED) is 0.462. The van der Waals surface area contributed by atoms with Crippen LogP contribution in [0.25, 0.3) is 0 Å². The Morgan fingerprint density at radius 2 is 1.94 bits per heavy atom. The van der Waals surface area contributed by atoms with Gasteiger partial charge in [-0.15, -0.1) is 11.8 Å². The van der Waals surface area contributed by atoms with Crippen LogP contribution in [0.1, 0.15) is 33.6 Å². The molecule has 0 aromatic rings. The van der Waals surface area contributed by atoms with Crippen molar-refractivity contribution in [3.05, 3.63) is 0 Å². The summed E-state index contributed by atoms with van der Waals surface area (Å²) in [5.74, 6) is 0.583. The van der Waals surface area contributed by atoms with Crippen molar-refractivity contribution in [2.45, 2.75) is 43.4 Å². The summed E-state index contributed by atoms with van der Waals surface area (Å²) in [6, 6.07) is 2.39. The molecule has 3 nitrogen and oxygen atoms in total. The van der Waals surface area contributed by atoms with Gasteiger partial charge in [0.15, 0.2) is 0 Å². The van der Waals surface area contributed by atoms with Gasteiger partial charge in [-0.2, -0.15) is 5.26 Å². The highest BCUT2D eigenvalue weighted by Crippen LogP contribution is 2.64. The first-order valence-corrected chi connectivity index (χ1v) is 11.2. The van der Waals surface area contributed by atoms with E-state index in [1.807, 2.05) is 13.8 Å². The van der Waals surface area contributed by atoms with E-state index >= 15 is 0 Å². The molecule has 2 unspecified atom stereocenters. The van der Waals surface area contributed by atoms with Gasteiger partial charge >= 0.3 is 0 Å². The van der Waals surface area contributed by atoms with Gasteiger partial charge in [0, 0.05) is 0 Å². The van der Waals surface area contributed by atoms with Crippen molar-refractivity contribution in [2.75, 3.05) is 13.2 Å². The maximum atomic E-state index is 9.13. The van der Waals surface area contributed by atoms with Crippen LogP contribution in [0.5, 0.6) is 0 Å². The first-order chi connectivity index (χ1) is 8.54. The van der Waals surface area contributed by atoms with Gasteiger partial charge in [0.25, 0.3) is 0 Å². The van der Waals surface area contributed by atoms with E-state index in [4.69, 9.17) is 26.1 Å². The zero-order valence-electron chi connectivity index (χ0n) is 11.0. The van der Waals surface area contributed by atoms with E-state index in [1.165, 1.54) is 12.8 Å². The Hall–Kier alpha value is 0.760. The maximum Gasteiger partial charge on any atom is 0.248 e. The van der Waals surface area contributed by atoms with Crippen molar-refractivity contribution in [3.63, 3.8) is 0 Å². The molecule has 0 bridgehead atoms. The Morgan fingerprint density at radius 1 is 1.39 bits per heavy atom. The molecule has 104 valence electrons. The highest BCUT2D eigenvalue weighted by molar-refractivity contribution is 8.69. The molecule has 1 saturated carbocycles. The molecule has 0 saturated heterocycles. The summed E-state index contributed by atoms with van der Waals surface area (Å²) in [6.45, 7) is 7.10. The van der Waals surface area contributed by atoms with Crippen LogP contribution in [0, 0.1) is 17.2 Å². The Balaban J connectivity index is 2.47. The highest BCUT2D eigenvalue weighted by Gasteiger charge is 2.34. The Morgan fingerprint density at radius 3 is 2.33 bits per heavy atom. The fourth-order valence-electron chi connectivity index (χ4n) is 1.47. The summed E-state index contributed by atoms with van der Waals surface area (Å²) >= 11 is 8.76. The molecule has 1 rings (SSSR count). The molecule has 0 N–H and O–H groups in total. The molecule has 0 heterocycles. The molecule has 1 aliphatic rings. The van der Waals surface area contributed by atoms with Crippen LogP contribution in [-0.4, -0.2) is 23.0 Å². The van der Waals surface area contributed by atoms with E-state index in [0.717, 1.165) is 0 Å². The van der Waals surface area contributed by atoms with Crippen LogP contribution in [0.2, 0.25) is 0 Å². The van der Waals surface area contributed by atoms with Crippen molar-refractivity contribution < 1.29 is 9.05 Å². The van der Waals surface area contributed by atoms with E-state index in [-0.39, 0.29) is 9.83 Å². The zero-order chi connectivity index (χ0) is 13.6. The second-order valence-corrected chi connectivity index (χ2v) is 12.3. The lowest BCUT2D eigenvalue weighted by Gasteiger charge is -2.24. The Kier molecular flexibility index (Phi) is 7.60. The number of hydrogen-bond acceptors (Lipinski definition) is 6. The fraction of sp³-hybridized carbons (Fsp3) is 0.909. The molecule has 0 aromatic heterocycles. The van der Waals surface area contributed by atoms with Crippen LogP contribution in [0.3, 0.4) is 0 Å². The van der Waals surface area contributed by atoms with E-state index in [9.17, 15) is 0 Å². The lowest BCUT2D eigenvalue weighted by molar-refractivity contribution is 0.280. The summed E-state index contributed by atoms with van der Waals surface area (Å²) in [6.07, 6.45) is 2.38. The van der Waals surface area contributed by atoms with E-state index in [2.05, 4.69) is 13.0 Å². The normalized spacial score (nSPS) is 19.2. The SMILES string of the molecule is CCOP(=S)(OCC)SC(C)SC(C#N)C1CC1. The van der Waals surface area contributed by atoms with Crippen LogP contribution in [-0.2, 0) is 20.9 Å². The van der Waals surface area contributed by atoms with Gasteiger partial charge in [0.1, 0.15) is 0 Å². The van der Waals surface area contributed by atoms with Gasteiger partial charge < -0.3 is 9.05 Å². The third-order valence-electron chi connectivity index (χ3n) is 2.37. The van der Waals surface area contributed by atoms with Crippen molar-refractivity contribution in [3.8, 4) is 6.07 Å². The lowest BCUT2D eigenvalue weighted by atomic mass is 10.3. The fourth-order valence-corrected chi connectivity index (χ4v) is 10.0. The first-order valence-electron chi connectivity index (χ1n) is 6.17. The monoisotopic (exact) mass is 325 g/mol. The average molecular weight is 325 g/mol. The molecule has 2 atom stereocenters. The van der Waals surface area contributed by atoms with Gasteiger partial charge in [-0.25, -0.2) is 0 Å². The summed E-state index contributed by atoms with van der Waals surface area (Å²) in [5.41, 5.74) is -2.23. The smallest absolute Gasteiger partial charge is 0.248 e. The van der Waals surface area contributed by atoms with E-state index < -0.39 is 5.69 Å². The van der Waals surface area contributed by atoms with Crippen LogP contribution in [0.4, 0.5) is 0 Å². The second kappa shape index (κ2) is 8.14. The molecule has 18 heavy (non-hydrogen) atoms. The van der Waals surface area contributed by atoms with Crippen LogP contribution in [0.15, 0.2) is 0 Å². The largest absolute Gasteiger partial charge is 0.322 e. The molecule has 0 aromatic carbocycles. The number of nitrogens with zero attached hydrogens (tertiary/aromatic N) is 1. The zero-order valence-corrected chi connectivity index (χ0v) is 14.3. The van der Waals surface area contributed by atoms with E-state index in [1.54, 1.807) is 23.1 Å². The molecular weight excluding hydrogens is 305 g/mol. The lowest BCUT2D eigenvalue weighted by Crippen LogP contribution is -2.06. The third-order valence-corrected chi connectivity index (χ3v) is 10.1.